The Labute approximate surface area is 111 Å². The first-order chi connectivity index (χ1) is 9.01. The molecule has 2 aromatic rings. The van der Waals surface area contributed by atoms with Crippen LogP contribution in [0.5, 0.6) is 11.5 Å². The summed E-state index contributed by atoms with van der Waals surface area (Å²) in [5, 5.41) is 0. The molecular weight excluding hydrogens is 284 g/mol. The minimum Gasteiger partial charge on any atom is -0.451 e. The Morgan fingerprint density at radius 3 is 2.00 bits per heavy atom. The SMILES string of the molecule is Fc1ccc(Oc2c(F)cc(CCl)cc2F)cc1F. The van der Waals surface area contributed by atoms with Crippen LogP contribution in [0.25, 0.3) is 0 Å². The fourth-order valence-electron chi connectivity index (χ4n) is 1.45. The van der Waals surface area contributed by atoms with E-state index in [1.54, 1.807) is 0 Å². The zero-order valence-corrected chi connectivity index (χ0v) is 10.1. The van der Waals surface area contributed by atoms with E-state index in [0.717, 1.165) is 24.3 Å². The first-order valence-corrected chi connectivity index (χ1v) is 5.71. The summed E-state index contributed by atoms with van der Waals surface area (Å²) < 4.78 is 57.7. The van der Waals surface area contributed by atoms with Crippen molar-refractivity contribution < 1.29 is 22.3 Å². The summed E-state index contributed by atoms with van der Waals surface area (Å²) in [7, 11) is 0. The third kappa shape index (κ3) is 2.98. The summed E-state index contributed by atoms with van der Waals surface area (Å²) in [6, 6.07) is 4.57. The Morgan fingerprint density at radius 1 is 0.842 bits per heavy atom. The fourth-order valence-corrected chi connectivity index (χ4v) is 1.60. The van der Waals surface area contributed by atoms with Crippen LogP contribution >= 0.6 is 11.6 Å². The Bertz CT molecular complexity index is 593. The van der Waals surface area contributed by atoms with Crippen molar-refractivity contribution >= 4 is 11.6 Å². The minimum absolute atomic E-state index is 0.0563. The van der Waals surface area contributed by atoms with E-state index in [9.17, 15) is 17.6 Å². The highest BCUT2D eigenvalue weighted by molar-refractivity contribution is 6.17. The zero-order chi connectivity index (χ0) is 14.0. The van der Waals surface area contributed by atoms with Crippen LogP contribution in [0.2, 0.25) is 0 Å². The standard InChI is InChI=1S/C13H7ClF4O/c14-6-7-3-11(17)13(12(18)4-7)19-8-1-2-9(15)10(16)5-8/h1-5H,6H2. The second-order valence-electron chi connectivity index (χ2n) is 3.70. The Hall–Kier alpha value is -1.75. The van der Waals surface area contributed by atoms with E-state index >= 15 is 0 Å². The van der Waals surface area contributed by atoms with E-state index in [-0.39, 0.29) is 17.2 Å². The van der Waals surface area contributed by atoms with E-state index in [1.807, 2.05) is 0 Å². The molecule has 0 aliphatic carbocycles. The van der Waals surface area contributed by atoms with E-state index in [1.165, 1.54) is 0 Å². The van der Waals surface area contributed by atoms with Gasteiger partial charge in [0.05, 0.1) is 0 Å². The van der Waals surface area contributed by atoms with Gasteiger partial charge in [-0.1, -0.05) is 0 Å². The van der Waals surface area contributed by atoms with Crippen molar-refractivity contribution in [2.75, 3.05) is 0 Å². The quantitative estimate of drug-likeness (QED) is 0.584. The maximum absolute atomic E-state index is 13.6. The molecule has 0 spiro atoms. The maximum Gasteiger partial charge on any atom is 0.198 e. The van der Waals surface area contributed by atoms with Gasteiger partial charge in [0.15, 0.2) is 29.0 Å². The van der Waals surface area contributed by atoms with Crippen LogP contribution in [0.15, 0.2) is 30.3 Å². The number of hydrogen-bond acceptors (Lipinski definition) is 1. The number of benzene rings is 2. The number of hydrogen-bond donors (Lipinski definition) is 0. The van der Waals surface area contributed by atoms with Crippen molar-refractivity contribution in [1.29, 1.82) is 0 Å². The highest BCUT2D eigenvalue weighted by Gasteiger charge is 2.14. The van der Waals surface area contributed by atoms with Crippen molar-refractivity contribution in [3.05, 3.63) is 59.2 Å². The largest absolute Gasteiger partial charge is 0.451 e. The number of rotatable bonds is 3. The van der Waals surface area contributed by atoms with Gasteiger partial charge < -0.3 is 4.74 Å². The van der Waals surface area contributed by atoms with Gasteiger partial charge >= 0.3 is 0 Å². The maximum atomic E-state index is 13.6. The normalized spacial score (nSPS) is 10.6. The van der Waals surface area contributed by atoms with Crippen LogP contribution in [0.3, 0.4) is 0 Å². The molecule has 0 atom stereocenters. The third-order valence-electron chi connectivity index (χ3n) is 2.32. The van der Waals surface area contributed by atoms with Crippen molar-refractivity contribution in [2.24, 2.45) is 0 Å². The lowest BCUT2D eigenvalue weighted by molar-refractivity contribution is 0.401. The molecule has 0 bridgehead atoms. The number of ether oxygens (including phenoxy) is 1. The molecule has 0 saturated heterocycles. The lowest BCUT2D eigenvalue weighted by atomic mass is 10.2. The molecular formula is C13H7ClF4O. The van der Waals surface area contributed by atoms with Gasteiger partial charge in [-0.05, 0) is 29.8 Å². The van der Waals surface area contributed by atoms with Crippen molar-refractivity contribution in [3.63, 3.8) is 0 Å². The van der Waals surface area contributed by atoms with Gasteiger partial charge in [0.2, 0.25) is 0 Å². The van der Waals surface area contributed by atoms with Crippen molar-refractivity contribution in [2.45, 2.75) is 5.88 Å². The molecule has 1 nitrogen and oxygen atoms in total. The Morgan fingerprint density at radius 2 is 1.47 bits per heavy atom. The average Bonchev–Trinajstić information content (AvgIpc) is 2.37. The Balaban J connectivity index is 2.35. The van der Waals surface area contributed by atoms with Crippen LogP contribution in [0.1, 0.15) is 5.56 Å². The van der Waals surface area contributed by atoms with E-state index < -0.39 is 29.0 Å². The van der Waals surface area contributed by atoms with Gasteiger partial charge in [0.1, 0.15) is 5.75 Å². The van der Waals surface area contributed by atoms with E-state index in [4.69, 9.17) is 16.3 Å². The second-order valence-corrected chi connectivity index (χ2v) is 3.97. The summed E-state index contributed by atoms with van der Waals surface area (Å²) in [5.41, 5.74) is 0.245. The van der Waals surface area contributed by atoms with E-state index in [2.05, 4.69) is 0 Å². The molecule has 0 N–H and O–H groups in total. The predicted octanol–water partition coefficient (Wildman–Crippen LogP) is 4.77. The van der Waals surface area contributed by atoms with Crippen LogP contribution in [-0.4, -0.2) is 0 Å². The zero-order valence-electron chi connectivity index (χ0n) is 9.39. The molecule has 100 valence electrons. The van der Waals surface area contributed by atoms with Gasteiger partial charge in [0.25, 0.3) is 0 Å². The summed E-state index contributed by atoms with van der Waals surface area (Å²) in [5.74, 6) is -5.16. The van der Waals surface area contributed by atoms with Crippen LogP contribution in [-0.2, 0) is 5.88 Å². The highest BCUT2D eigenvalue weighted by Crippen LogP contribution is 2.29. The fraction of sp³-hybridized carbons (Fsp3) is 0.0769. The molecule has 0 saturated carbocycles. The monoisotopic (exact) mass is 290 g/mol. The second kappa shape index (κ2) is 5.48. The lowest BCUT2D eigenvalue weighted by Crippen LogP contribution is -1.96. The molecule has 0 fully saturated rings. The Kier molecular flexibility index (Phi) is 3.95. The van der Waals surface area contributed by atoms with Crippen LogP contribution < -0.4 is 4.74 Å². The number of halogens is 5. The van der Waals surface area contributed by atoms with Gasteiger partial charge in [-0.3, -0.25) is 0 Å². The van der Waals surface area contributed by atoms with Gasteiger partial charge in [0, 0.05) is 11.9 Å². The van der Waals surface area contributed by atoms with Crippen molar-refractivity contribution in [3.8, 4) is 11.5 Å². The predicted molar refractivity (Wildman–Crippen MR) is 62.3 cm³/mol. The summed E-state index contributed by atoms with van der Waals surface area (Å²) in [4.78, 5) is 0. The first kappa shape index (κ1) is 13.7. The lowest BCUT2D eigenvalue weighted by Gasteiger charge is -2.09. The smallest absolute Gasteiger partial charge is 0.198 e. The van der Waals surface area contributed by atoms with Gasteiger partial charge in [-0.2, -0.15) is 0 Å². The molecule has 0 aliphatic rings. The molecule has 0 radical (unpaired) electrons. The van der Waals surface area contributed by atoms with Crippen LogP contribution in [0.4, 0.5) is 17.6 Å². The van der Waals surface area contributed by atoms with Gasteiger partial charge in [-0.25, -0.2) is 17.6 Å². The molecule has 2 aromatic carbocycles. The average molecular weight is 291 g/mol. The summed E-state index contributed by atoms with van der Waals surface area (Å²) in [6.45, 7) is 0. The molecule has 6 heteroatoms. The van der Waals surface area contributed by atoms with E-state index in [0.29, 0.717) is 6.07 Å². The van der Waals surface area contributed by atoms with Crippen LogP contribution in [0, 0.1) is 23.3 Å². The molecule has 19 heavy (non-hydrogen) atoms. The van der Waals surface area contributed by atoms with Crippen molar-refractivity contribution in [1.82, 2.24) is 0 Å². The summed E-state index contributed by atoms with van der Waals surface area (Å²) in [6.07, 6.45) is 0. The first-order valence-electron chi connectivity index (χ1n) is 5.18. The number of alkyl halides is 1. The summed E-state index contributed by atoms with van der Waals surface area (Å²) >= 11 is 5.46. The third-order valence-corrected chi connectivity index (χ3v) is 2.63. The molecule has 0 aliphatic heterocycles. The minimum atomic E-state index is -1.17. The molecule has 0 unspecified atom stereocenters. The topological polar surface area (TPSA) is 9.23 Å². The van der Waals surface area contributed by atoms with Gasteiger partial charge in [-0.15, -0.1) is 11.6 Å². The molecule has 2 rings (SSSR count). The highest BCUT2D eigenvalue weighted by atomic mass is 35.5. The molecule has 0 amide bonds. The molecule has 0 heterocycles. The molecule has 0 aromatic heterocycles.